The standard InChI is InChI=1S/C9H6F5O2/c1-4-6(15-8(11)12)2-5(10)3-7(4)16-9(13)14/h2-3,8-9H,1H2. The zero-order valence-electron chi connectivity index (χ0n) is 7.72. The molecule has 0 saturated heterocycles. The highest BCUT2D eigenvalue weighted by molar-refractivity contribution is 5.47. The van der Waals surface area contributed by atoms with Gasteiger partial charge >= 0.3 is 13.2 Å². The average Bonchev–Trinajstić information content (AvgIpc) is 2.11. The van der Waals surface area contributed by atoms with Crippen LogP contribution in [-0.2, 0) is 0 Å². The minimum Gasteiger partial charge on any atom is -0.434 e. The van der Waals surface area contributed by atoms with Gasteiger partial charge in [-0.15, -0.1) is 0 Å². The number of alkyl halides is 4. The molecular formula is C9H6F5O2. The van der Waals surface area contributed by atoms with Gasteiger partial charge in [0.2, 0.25) is 0 Å². The largest absolute Gasteiger partial charge is 0.434 e. The van der Waals surface area contributed by atoms with E-state index in [1.165, 1.54) is 0 Å². The molecule has 2 nitrogen and oxygen atoms in total. The van der Waals surface area contributed by atoms with E-state index in [9.17, 15) is 22.0 Å². The van der Waals surface area contributed by atoms with Crippen LogP contribution in [-0.4, -0.2) is 13.2 Å². The first-order chi connectivity index (χ1) is 7.40. The van der Waals surface area contributed by atoms with Gasteiger partial charge in [-0.2, -0.15) is 17.6 Å². The van der Waals surface area contributed by atoms with Crippen molar-refractivity contribution in [2.24, 2.45) is 0 Å². The number of benzene rings is 1. The van der Waals surface area contributed by atoms with Crippen LogP contribution < -0.4 is 9.47 Å². The van der Waals surface area contributed by atoms with Gasteiger partial charge < -0.3 is 9.47 Å². The summed E-state index contributed by atoms with van der Waals surface area (Å²) in [5, 5.41) is 0. The fraction of sp³-hybridized carbons (Fsp3) is 0.222. The first kappa shape index (κ1) is 12.5. The zero-order chi connectivity index (χ0) is 12.3. The Morgan fingerprint density at radius 3 is 1.62 bits per heavy atom. The third kappa shape index (κ3) is 3.25. The van der Waals surface area contributed by atoms with Crippen LogP contribution in [0.3, 0.4) is 0 Å². The average molecular weight is 241 g/mol. The molecule has 1 aromatic carbocycles. The van der Waals surface area contributed by atoms with Crippen molar-refractivity contribution in [1.82, 2.24) is 0 Å². The quantitative estimate of drug-likeness (QED) is 0.753. The van der Waals surface area contributed by atoms with Crippen LogP contribution in [0.2, 0.25) is 0 Å². The van der Waals surface area contributed by atoms with E-state index < -0.39 is 30.5 Å². The topological polar surface area (TPSA) is 18.5 Å². The van der Waals surface area contributed by atoms with Gasteiger partial charge in [0.25, 0.3) is 0 Å². The van der Waals surface area contributed by atoms with Gasteiger partial charge in [-0.3, -0.25) is 0 Å². The first-order valence-corrected chi connectivity index (χ1v) is 3.95. The second kappa shape index (κ2) is 5.00. The Balaban J connectivity index is 3.05. The Morgan fingerprint density at radius 2 is 1.31 bits per heavy atom. The third-order valence-electron chi connectivity index (χ3n) is 1.56. The Labute approximate surface area is 87.6 Å². The monoisotopic (exact) mass is 241 g/mol. The Morgan fingerprint density at radius 1 is 0.938 bits per heavy atom. The fourth-order valence-corrected chi connectivity index (χ4v) is 0.990. The minimum atomic E-state index is -3.21. The maximum Gasteiger partial charge on any atom is 0.387 e. The van der Waals surface area contributed by atoms with Crippen LogP contribution in [0, 0.1) is 12.7 Å². The Bertz CT molecular complexity index is 336. The normalized spacial score (nSPS) is 11.0. The highest BCUT2D eigenvalue weighted by atomic mass is 19.3. The highest BCUT2D eigenvalue weighted by Crippen LogP contribution is 2.31. The SMILES string of the molecule is [CH2]c1c(OC(F)F)cc(F)cc1OC(F)F. The van der Waals surface area contributed by atoms with Crippen molar-refractivity contribution >= 4 is 0 Å². The summed E-state index contributed by atoms with van der Waals surface area (Å²) in [6, 6.07) is 1.21. The second-order valence-corrected chi connectivity index (χ2v) is 2.64. The van der Waals surface area contributed by atoms with Crippen LogP contribution >= 0.6 is 0 Å². The van der Waals surface area contributed by atoms with Crippen LogP contribution in [0.5, 0.6) is 11.5 Å². The van der Waals surface area contributed by atoms with Crippen molar-refractivity contribution in [2.75, 3.05) is 0 Å². The van der Waals surface area contributed by atoms with Crippen molar-refractivity contribution in [2.45, 2.75) is 13.2 Å². The van der Waals surface area contributed by atoms with Gasteiger partial charge in [0.05, 0.1) is 0 Å². The molecule has 0 amide bonds. The summed E-state index contributed by atoms with van der Waals surface area (Å²) < 4.78 is 68.1. The molecule has 0 heterocycles. The van der Waals surface area contributed by atoms with Crippen LogP contribution in [0.1, 0.15) is 5.56 Å². The van der Waals surface area contributed by atoms with Crippen LogP contribution in [0.25, 0.3) is 0 Å². The molecule has 0 aliphatic carbocycles. The number of hydrogen-bond donors (Lipinski definition) is 0. The predicted molar refractivity (Wildman–Crippen MR) is 44.1 cm³/mol. The summed E-state index contributed by atoms with van der Waals surface area (Å²) in [5.41, 5.74) is -0.373. The second-order valence-electron chi connectivity index (χ2n) is 2.64. The minimum absolute atomic E-state index is 0.373. The number of ether oxygens (including phenoxy) is 2. The van der Waals surface area contributed by atoms with E-state index >= 15 is 0 Å². The predicted octanol–water partition coefficient (Wildman–Crippen LogP) is 3.21. The summed E-state index contributed by atoms with van der Waals surface area (Å²) in [6.07, 6.45) is 0. The van der Waals surface area contributed by atoms with Crippen LogP contribution in [0.4, 0.5) is 22.0 Å². The van der Waals surface area contributed by atoms with E-state index in [1.54, 1.807) is 0 Å². The van der Waals surface area contributed by atoms with Gasteiger partial charge in [-0.25, -0.2) is 4.39 Å². The van der Waals surface area contributed by atoms with Crippen molar-refractivity contribution in [1.29, 1.82) is 0 Å². The Hall–Kier alpha value is -1.53. The number of rotatable bonds is 4. The zero-order valence-corrected chi connectivity index (χ0v) is 7.72. The number of halogens is 5. The van der Waals surface area contributed by atoms with Gasteiger partial charge in [0.15, 0.2) is 0 Å². The molecule has 0 aliphatic heterocycles. The molecule has 16 heavy (non-hydrogen) atoms. The molecule has 0 saturated carbocycles. The molecule has 0 aliphatic rings. The molecule has 1 rings (SSSR count). The first-order valence-electron chi connectivity index (χ1n) is 3.95. The molecule has 1 radical (unpaired) electrons. The van der Waals surface area contributed by atoms with Gasteiger partial charge in [0.1, 0.15) is 17.3 Å². The van der Waals surface area contributed by atoms with Crippen molar-refractivity contribution < 1.29 is 31.4 Å². The van der Waals surface area contributed by atoms with Crippen molar-refractivity contribution in [3.05, 3.63) is 30.4 Å². The maximum atomic E-state index is 12.8. The molecule has 0 aromatic heterocycles. The smallest absolute Gasteiger partial charge is 0.387 e. The van der Waals surface area contributed by atoms with Crippen molar-refractivity contribution in [3.63, 3.8) is 0 Å². The lowest BCUT2D eigenvalue weighted by Gasteiger charge is -2.12. The molecule has 1 aromatic rings. The maximum absolute atomic E-state index is 12.8. The van der Waals surface area contributed by atoms with Crippen molar-refractivity contribution in [3.8, 4) is 11.5 Å². The third-order valence-corrected chi connectivity index (χ3v) is 1.56. The summed E-state index contributed by atoms with van der Waals surface area (Å²) in [4.78, 5) is 0. The van der Waals surface area contributed by atoms with E-state index in [1.807, 2.05) is 0 Å². The molecule has 0 bridgehead atoms. The molecule has 0 atom stereocenters. The van der Waals surface area contributed by atoms with Gasteiger partial charge in [-0.1, -0.05) is 0 Å². The lowest BCUT2D eigenvalue weighted by Crippen LogP contribution is -2.07. The molecule has 7 heteroatoms. The molecule has 0 spiro atoms. The van der Waals surface area contributed by atoms with E-state index in [0.717, 1.165) is 0 Å². The molecule has 89 valence electrons. The summed E-state index contributed by atoms with van der Waals surface area (Å²) in [7, 11) is 0. The van der Waals surface area contributed by atoms with E-state index in [4.69, 9.17) is 0 Å². The van der Waals surface area contributed by atoms with E-state index in [-0.39, 0.29) is 5.56 Å². The van der Waals surface area contributed by atoms with Gasteiger partial charge in [0, 0.05) is 17.7 Å². The van der Waals surface area contributed by atoms with E-state index in [0.29, 0.717) is 12.1 Å². The molecule has 0 unspecified atom stereocenters. The molecule has 0 fully saturated rings. The lowest BCUT2D eigenvalue weighted by molar-refractivity contribution is -0.0550. The summed E-state index contributed by atoms with van der Waals surface area (Å²) >= 11 is 0. The van der Waals surface area contributed by atoms with Gasteiger partial charge in [-0.05, 0) is 6.92 Å². The number of hydrogen-bond acceptors (Lipinski definition) is 2. The fourth-order valence-electron chi connectivity index (χ4n) is 0.990. The highest BCUT2D eigenvalue weighted by Gasteiger charge is 2.16. The summed E-state index contributed by atoms with van der Waals surface area (Å²) in [5.74, 6) is -2.34. The molecule has 0 N–H and O–H groups in total. The van der Waals surface area contributed by atoms with Crippen LogP contribution in [0.15, 0.2) is 12.1 Å². The van der Waals surface area contributed by atoms with E-state index in [2.05, 4.69) is 16.4 Å². The Kier molecular flexibility index (Phi) is 3.92. The molecular weight excluding hydrogens is 235 g/mol. The lowest BCUT2D eigenvalue weighted by atomic mass is 10.2. The summed E-state index contributed by atoms with van der Waals surface area (Å²) in [6.45, 7) is -3.23.